The van der Waals surface area contributed by atoms with Gasteiger partial charge >= 0.3 is 0 Å². The number of hydrogen-bond donors (Lipinski definition) is 1. The number of aliphatic hydroxyl groups excluding tert-OH is 1. The molecule has 5 heteroatoms. The second-order valence-electron chi connectivity index (χ2n) is 5.90. The molecule has 0 bridgehead atoms. The van der Waals surface area contributed by atoms with E-state index >= 15 is 0 Å². The Morgan fingerprint density at radius 2 is 2.14 bits per heavy atom. The lowest BCUT2D eigenvalue weighted by Crippen LogP contribution is -2.34. The van der Waals surface area contributed by atoms with Crippen molar-refractivity contribution < 1.29 is 19.4 Å². The fourth-order valence-corrected chi connectivity index (χ4v) is 2.80. The molecule has 1 N–H and O–H groups in total. The molecule has 5 nitrogen and oxygen atoms in total. The number of ether oxygens (including phenoxy) is 2. The molecule has 2 atom stereocenters. The summed E-state index contributed by atoms with van der Waals surface area (Å²) in [6.45, 7) is 3.45. The van der Waals surface area contributed by atoms with Crippen LogP contribution in [0.3, 0.4) is 0 Å². The number of hydrogen-bond acceptors (Lipinski definition) is 4. The summed E-state index contributed by atoms with van der Waals surface area (Å²) in [6.07, 6.45) is 1.82. The van der Waals surface area contributed by atoms with E-state index in [2.05, 4.69) is 6.92 Å². The SMILES string of the molecule is CC1CCC(=O)N(CC(O)c2ccc3c(c2)OCO3)CC1. The maximum absolute atomic E-state index is 12.1. The minimum absolute atomic E-state index is 0.138. The number of fused-ring (bicyclic) bond motifs is 1. The van der Waals surface area contributed by atoms with Gasteiger partial charge in [-0.25, -0.2) is 0 Å². The Labute approximate surface area is 124 Å². The molecule has 1 aromatic carbocycles. The molecule has 0 aliphatic carbocycles. The molecule has 3 rings (SSSR count). The zero-order valence-electron chi connectivity index (χ0n) is 12.2. The van der Waals surface area contributed by atoms with Crippen LogP contribution in [0.2, 0.25) is 0 Å². The smallest absolute Gasteiger partial charge is 0.231 e. The number of aliphatic hydroxyl groups is 1. The summed E-state index contributed by atoms with van der Waals surface area (Å²) < 4.78 is 10.6. The molecule has 1 amide bonds. The van der Waals surface area contributed by atoms with Crippen molar-refractivity contribution in [3.05, 3.63) is 23.8 Å². The molecule has 21 heavy (non-hydrogen) atoms. The van der Waals surface area contributed by atoms with Crippen molar-refractivity contribution in [2.24, 2.45) is 5.92 Å². The maximum atomic E-state index is 12.1. The first-order valence-electron chi connectivity index (χ1n) is 7.49. The van der Waals surface area contributed by atoms with Crippen LogP contribution in [-0.4, -0.2) is 35.8 Å². The van der Waals surface area contributed by atoms with Gasteiger partial charge in [0.1, 0.15) is 0 Å². The van der Waals surface area contributed by atoms with E-state index in [0.717, 1.165) is 24.9 Å². The molecular formula is C16H21NO4. The molecule has 2 aliphatic heterocycles. The van der Waals surface area contributed by atoms with Gasteiger partial charge in [0.2, 0.25) is 12.7 Å². The van der Waals surface area contributed by atoms with Crippen molar-refractivity contribution in [1.82, 2.24) is 4.90 Å². The molecule has 1 aromatic rings. The van der Waals surface area contributed by atoms with Crippen LogP contribution in [0.4, 0.5) is 0 Å². The highest BCUT2D eigenvalue weighted by Gasteiger charge is 2.24. The Morgan fingerprint density at radius 1 is 1.33 bits per heavy atom. The summed E-state index contributed by atoms with van der Waals surface area (Å²) in [7, 11) is 0. The number of carbonyl (C=O) groups excluding carboxylic acids is 1. The van der Waals surface area contributed by atoms with Crippen LogP contribution in [0.5, 0.6) is 11.5 Å². The molecular weight excluding hydrogens is 270 g/mol. The number of amides is 1. The van der Waals surface area contributed by atoms with Gasteiger partial charge in [-0.15, -0.1) is 0 Å². The zero-order valence-corrected chi connectivity index (χ0v) is 12.2. The fourth-order valence-electron chi connectivity index (χ4n) is 2.80. The molecule has 1 saturated heterocycles. The topological polar surface area (TPSA) is 59.0 Å². The third kappa shape index (κ3) is 3.13. The minimum Gasteiger partial charge on any atom is -0.454 e. The first kappa shape index (κ1) is 14.2. The van der Waals surface area contributed by atoms with E-state index < -0.39 is 6.10 Å². The third-order valence-corrected chi connectivity index (χ3v) is 4.27. The van der Waals surface area contributed by atoms with Gasteiger partial charge in [0, 0.05) is 13.0 Å². The Morgan fingerprint density at radius 3 is 3.00 bits per heavy atom. The largest absolute Gasteiger partial charge is 0.454 e. The lowest BCUT2D eigenvalue weighted by Gasteiger charge is -2.24. The van der Waals surface area contributed by atoms with Gasteiger partial charge in [-0.2, -0.15) is 0 Å². The number of likely N-dealkylation sites (tertiary alicyclic amines) is 1. The number of carbonyl (C=O) groups is 1. The lowest BCUT2D eigenvalue weighted by molar-refractivity contribution is -0.132. The molecule has 2 heterocycles. The highest BCUT2D eigenvalue weighted by atomic mass is 16.7. The number of β-amino-alcohol motifs (C(OH)–C–C–N with tert-alkyl or cyclic N) is 1. The highest BCUT2D eigenvalue weighted by Crippen LogP contribution is 2.34. The van der Waals surface area contributed by atoms with Gasteiger partial charge < -0.3 is 19.5 Å². The zero-order chi connectivity index (χ0) is 14.8. The molecule has 114 valence electrons. The second kappa shape index (κ2) is 5.93. The van der Waals surface area contributed by atoms with Gasteiger partial charge in [0.15, 0.2) is 11.5 Å². The van der Waals surface area contributed by atoms with Crippen molar-refractivity contribution in [2.45, 2.75) is 32.3 Å². The monoisotopic (exact) mass is 291 g/mol. The Kier molecular flexibility index (Phi) is 4.01. The van der Waals surface area contributed by atoms with Gasteiger partial charge in [-0.05, 0) is 36.5 Å². The van der Waals surface area contributed by atoms with Gasteiger partial charge in [-0.3, -0.25) is 4.79 Å². The quantitative estimate of drug-likeness (QED) is 0.926. The van der Waals surface area contributed by atoms with Crippen molar-refractivity contribution in [1.29, 1.82) is 0 Å². The first-order chi connectivity index (χ1) is 10.1. The van der Waals surface area contributed by atoms with Crippen LogP contribution in [-0.2, 0) is 4.79 Å². The number of nitrogens with zero attached hydrogens (tertiary/aromatic N) is 1. The van der Waals surface area contributed by atoms with Crippen molar-refractivity contribution in [2.75, 3.05) is 19.9 Å². The van der Waals surface area contributed by atoms with Crippen LogP contribution in [0.15, 0.2) is 18.2 Å². The average Bonchev–Trinajstić information content (AvgIpc) is 2.89. The minimum atomic E-state index is -0.697. The lowest BCUT2D eigenvalue weighted by atomic mass is 10.0. The molecule has 0 spiro atoms. The van der Waals surface area contributed by atoms with Gasteiger partial charge in [-0.1, -0.05) is 13.0 Å². The summed E-state index contributed by atoms with van der Waals surface area (Å²) in [5.41, 5.74) is 0.754. The standard InChI is InChI=1S/C16H21NO4/c1-11-2-5-16(19)17(7-6-11)9-13(18)12-3-4-14-15(8-12)21-10-20-14/h3-4,8,11,13,18H,2,5-7,9-10H2,1H3. The predicted octanol–water partition coefficient (Wildman–Crippen LogP) is 2.10. The van der Waals surface area contributed by atoms with Gasteiger partial charge in [0.05, 0.1) is 12.6 Å². The number of rotatable bonds is 3. The van der Waals surface area contributed by atoms with Crippen molar-refractivity contribution in [3.8, 4) is 11.5 Å². The fraction of sp³-hybridized carbons (Fsp3) is 0.562. The maximum Gasteiger partial charge on any atom is 0.231 e. The highest BCUT2D eigenvalue weighted by molar-refractivity contribution is 5.76. The van der Waals surface area contributed by atoms with E-state index in [4.69, 9.17) is 9.47 Å². The molecule has 0 radical (unpaired) electrons. The second-order valence-corrected chi connectivity index (χ2v) is 5.90. The van der Waals surface area contributed by atoms with Gasteiger partial charge in [0.25, 0.3) is 0 Å². The summed E-state index contributed by atoms with van der Waals surface area (Å²) >= 11 is 0. The Bertz CT molecular complexity index is 531. The van der Waals surface area contributed by atoms with E-state index in [1.807, 2.05) is 6.07 Å². The average molecular weight is 291 g/mol. The van der Waals surface area contributed by atoms with Crippen LogP contribution < -0.4 is 9.47 Å². The summed E-state index contributed by atoms with van der Waals surface area (Å²) in [5, 5.41) is 10.4. The van der Waals surface area contributed by atoms with Crippen LogP contribution in [0, 0.1) is 5.92 Å². The van der Waals surface area contributed by atoms with E-state index in [1.54, 1.807) is 17.0 Å². The van der Waals surface area contributed by atoms with E-state index in [0.29, 0.717) is 30.4 Å². The Hall–Kier alpha value is -1.75. The van der Waals surface area contributed by atoms with E-state index in [-0.39, 0.29) is 12.7 Å². The normalized spacial score (nSPS) is 23.0. The van der Waals surface area contributed by atoms with Crippen LogP contribution >= 0.6 is 0 Å². The van der Waals surface area contributed by atoms with Crippen LogP contribution in [0.25, 0.3) is 0 Å². The van der Waals surface area contributed by atoms with Crippen molar-refractivity contribution >= 4 is 5.91 Å². The first-order valence-corrected chi connectivity index (χ1v) is 7.49. The summed E-state index contributed by atoms with van der Waals surface area (Å²) in [4.78, 5) is 13.9. The van der Waals surface area contributed by atoms with Crippen LogP contribution in [0.1, 0.15) is 37.9 Å². The molecule has 0 saturated carbocycles. The molecule has 1 fully saturated rings. The molecule has 2 unspecified atom stereocenters. The molecule has 2 aliphatic rings. The number of benzene rings is 1. The molecule has 0 aromatic heterocycles. The third-order valence-electron chi connectivity index (χ3n) is 4.27. The van der Waals surface area contributed by atoms with E-state index in [1.165, 1.54) is 0 Å². The van der Waals surface area contributed by atoms with E-state index in [9.17, 15) is 9.90 Å². The Balaban J connectivity index is 1.68. The summed E-state index contributed by atoms with van der Waals surface area (Å²) in [6, 6.07) is 5.41. The van der Waals surface area contributed by atoms with Crippen molar-refractivity contribution in [3.63, 3.8) is 0 Å². The predicted molar refractivity (Wildman–Crippen MR) is 77.1 cm³/mol. The summed E-state index contributed by atoms with van der Waals surface area (Å²) in [5.74, 6) is 2.06.